The lowest BCUT2D eigenvalue weighted by atomic mass is 10.2. The first-order valence-corrected chi connectivity index (χ1v) is 9.68. The molecule has 0 spiro atoms. The molecule has 0 fully saturated rings. The quantitative estimate of drug-likeness (QED) is 0.185. The average molecular weight is 439 g/mol. The van der Waals surface area contributed by atoms with Crippen LogP contribution in [0, 0.1) is 0 Å². The molecule has 12 heteroatoms. The van der Waals surface area contributed by atoms with Crippen LogP contribution in [0.5, 0.6) is 5.88 Å². The van der Waals surface area contributed by atoms with Gasteiger partial charge in [0.25, 0.3) is 11.5 Å². The van der Waals surface area contributed by atoms with Gasteiger partial charge in [-0.2, -0.15) is 4.98 Å². The number of nitrogens with zero attached hydrogens (tertiary/aromatic N) is 5. The topological polar surface area (TPSA) is 163 Å². The second-order valence-corrected chi connectivity index (χ2v) is 7.06. The van der Waals surface area contributed by atoms with Crippen molar-refractivity contribution in [2.45, 2.75) is 12.6 Å². The lowest BCUT2D eigenvalue weighted by molar-refractivity contribution is 0.0405. The van der Waals surface area contributed by atoms with E-state index in [1.807, 2.05) is 0 Å². The van der Waals surface area contributed by atoms with Crippen LogP contribution in [0.3, 0.4) is 0 Å². The highest BCUT2D eigenvalue weighted by atomic mass is 16.5. The Morgan fingerprint density at radius 1 is 1.28 bits per heavy atom. The molecule has 0 aliphatic heterocycles. The van der Waals surface area contributed by atoms with Gasteiger partial charge >= 0.3 is 5.69 Å². The minimum atomic E-state index is -1.00. The number of aromatic hydroxyl groups is 1. The number of imidazole rings is 1. The third-order valence-corrected chi connectivity index (χ3v) is 4.83. The second kappa shape index (κ2) is 8.61. The number of hydrogen-bond acceptors (Lipinski definition) is 8. The van der Waals surface area contributed by atoms with Crippen LogP contribution in [0.15, 0.2) is 56.7 Å². The number of aliphatic hydroxyl groups is 1. The summed E-state index contributed by atoms with van der Waals surface area (Å²) >= 11 is 0. The van der Waals surface area contributed by atoms with E-state index in [0.29, 0.717) is 10.9 Å². The number of hydrogen-bond donors (Lipinski definition) is 4. The molecule has 3 aromatic heterocycles. The first kappa shape index (κ1) is 21.2. The average Bonchev–Trinajstić information content (AvgIpc) is 3.28. The summed E-state index contributed by atoms with van der Waals surface area (Å²) in [5.41, 5.74) is -0.328. The molecule has 0 aliphatic carbocycles. The molecule has 12 nitrogen and oxygen atoms in total. The summed E-state index contributed by atoms with van der Waals surface area (Å²) in [4.78, 5) is 33.8. The van der Waals surface area contributed by atoms with Crippen LogP contribution in [0.2, 0.25) is 0 Å². The number of aliphatic hydroxyl groups excluding tert-OH is 1. The standard InChI is InChI=1S/C20H21N7O5/c1-3-8-32-10-11(28)9-27-15-16(26(2)20(31)23-18(15)30)22-19(27)25-24-14-12-6-4-5-7-13(12)21-17(14)29/h3-7,11,21,28-29H,1,8-10H2,2H3,(H,23,30,31)/t11-/m1/s1. The largest absolute Gasteiger partial charge is 0.493 e. The number of azo groups is 1. The van der Waals surface area contributed by atoms with Crippen LogP contribution in [0.25, 0.3) is 22.1 Å². The normalized spacial score (nSPS) is 12.8. The van der Waals surface area contributed by atoms with Crippen molar-refractivity contribution < 1.29 is 14.9 Å². The van der Waals surface area contributed by atoms with Crippen molar-refractivity contribution in [3.05, 3.63) is 57.8 Å². The molecule has 0 aliphatic rings. The Balaban J connectivity index is 1.81. The van der Waals surface area contributed by atoms with E-state index in [-0.39, 0.29) is 48.4 Å². The van der Waals surface area contributed by atoms with Gasteiger partial charge in [-0.15, -0.1) is 16.8 Å². The van der Waals surface area contributed by atoms with E-state index in [9.17, 15) is 19.8 Å². The number of benzene rings is 1. The molecule has 0 amide bonds. The van der Waals surface area contributed by atoms with E-state index >= 15 is 0 Å². The van der Waals surface area contributed by atoms with E-state index in [4.69, 9.17) is 4.74 Å². The van der Waals surface area contributed by atoms with Gasteiger partial charge < -0.3 is 19.9 Å². The van der Waals surface area contributed by atoms with E-state index in [1.165, 1.54) is 11.6 Å². The molecule has 0 radical (unpaired) electrons. The maximum Gasteiger partial charge on any atom is 0.329 e. The van der Waals surface area contributed by atoms with Gasteiger partial charge in [-0.05, 0) is 6.07 Å². The Morgan fingerprint density at radius 3 is 2.84 bits per heavy atom. The summed E-state index contributed by atoms with van der Waals surface area (Å²) in [6, 6.07) is 7.14. The van der Waals surface area contributed by atoms with Crippen LogP contribution in [-0.2, 0) is 18.3 Å². The molecule has 0 unspecified atom stereocenters. The molecule has 0 saturated heterocycles. The van der Waals surface area contributed by atoms with Crippen LogP contribution in [0.4, 0.5) is 11.6 Å². The molecular weight excluding hydrogens is 418 g/mol. The minimum absolute atomic E-state index is 0.0187. The van der Waals surface area contributed by atoms with Crippen molar-refractivity contribution >= 4 is 33.7 Å². The molecule has 1 atom stereocenters. The molecule has 166 valence electrons. The third-order valence-electron chi connectivity index (χ3n) is 4.83. The molecule has 4 aromatic rings. The summed E-state index contributed by atoms with van der Waals surface area (Å²) in [6.07, 6.45) is 0.548. The first-order valence-electron chi connectivity index (χ1n) is 9.68. The zero-order chi connectivity index (χ0) is 22.8. The van der Waals surface area contributed by atoms with Gasteiger partial charge in [0, 0.05) is 12.4 Å². The summed E-state index contributed by atoms with van der Waals surface area (Å²) in [7, 11) is 1.45. The Bertz CT molecular complexity index is 1440. The Kier molecular flexibility index (Phi) is 5.71. The van der Waals surface area contributed by atoms with Crippen molar-refractivity contribution in [1.29, 1.82) is 0 Å². The number of nitrogens with one attached hydrogen (secondary N) is 2. The molecule has 4 N–H and O–H groups in total. The fourth-order valence-electron chi connectivity index (χ4n) is 3.33. The van der Waals surface area contributed by atoms with Crippen LogP contribution < -0.4 is 11.2 Å². The van der Waals surface area contributed by atoms with E-state index < -0.39 is 17.4 Å². The van der Waals surface area contributed by atoms with Gasteiger partial charge in [0.15, 0.2) is 16.9 Å². The first-order chi connectivity index (χ1) is 15.4. The van der Waals surface area contributed by atoms with Crippen LogP contribution in [-0.4, -0.2) is 53.6 Å². The highest BCUT2D eigenvalue weighted by Gasteiger charge is 2.20. The second-order valence-electron chi connectivity index (χ2n) is 7.06. The summed E-state index contributed by atoms with van der Waals surface area (Å²) < 4.78 is 7.78. The van der Waals surface area contributed by atoms with Crippen molar-refractivity contribution in [1.82, 2.24) is 24.1 Å². The maximum absolute atomic E-state index is 12.5. The van der Waals surface area contributed by atoms with Gasteiger partial charge in [-0.1, -0.05) is 24.3 Å². The number of aryl methyl sites for hydroxylation is 1. The van der Waals surface area contributed by atoms with Gasteiger partial charge in [0.2, 0.25) is 5.88 Å². The van der Waals surface area contributed by atoms with E-state index in [1.54, 1.807) is 30.3 Å². The highest BCUT2D eigenvalue weighted by molar-refractivity contribution is 5.94. The smallest absolute Gasteiger partial charge is 0.329 e. The summed E-state index contributed by atoms with van der Waals surface area (Å²) in [6.45, 7) is 3.69. The number of aromatic amines is 2. The minimum Gasteiger partial charge on any atom is -0.493 e. The predicted molar refractivity (Wildman–Crippen MR) is 117 cm³/mol. The van der Waals surface area contributed by atoms with E-state index in [0.717, 1.165) is 4.57 Å². The molecule has 4 rings (SSSR count). The Labute approximate surface area is 180 Å². The van der Waals surface area contributed by atoms with Gasteiger partial charge in [0.05, 0.1) is 31.4 Å². The monoisotopic (exact) mass is 439 g/mol. The molecule has 32 heavy (non-hydrogen) atoms. The van der Waals surface area contributed by atoms with Crippen LogP contribution in [0.1, 0.15) is 0 Å². The van der Waals surface area contributed by atoms with Crippen molar-refractivity contribution in [3.63, 3.8) is 0 Å². The summed E-state index contributed by atoms with van der Waals surface area (Å²) in [5.74, 6) is -0.208. The van der Waals surface area contributed by atoms with Gasteiger partial charge in [-0.3, -0.25) is 18.9 Å². The summed E-state index contributed by atoms with van der Waals surface area (Å²) in [5, 5.41) is 29.5. The SMILES string of the molecule is C=CCOC[C@H](O)Cn1c(N=Nc2c(O)[nH]c3ccccc23)nc2c1c(=O)[nH]c(=O)n2C. The number of para-hydroxylation sites is 1. The van der Waals surface area contributed by atoms with E-state index in [2.05, 4.69) is 31.8 Å². The molecule has 3 heterocycles. The lowest BCUT2D eigenvalue weighted by Gasteiger charge is -2.12. The van der Waals surface area contributed by atoms with Gasteiger partial charge in [-0.25, -0.2) is 4.79 Å². The number of fused-ring (bicyclic) bond motifs is 2. The van der Waals surface area contributed by atoms with Gasteiger partial charge in [0.1, 0.15) is 0 Å². The predicted octanol–water partition coefficient (Wildman–Crippen LogP) is 1.59. The molecule has 1 aromatic carbocycles. The fourth-order valence-corrected chi connectivity index (χ4v) is 3.33. The van der Waals surface area contributed by atoms with Crippen molar-refractivity contribution in [2.75, 3.05) is 13.2 Å². The number of H-pyrrole nitrogens is 2. The van der Waals surface area contributed by atoms with Crippen LogP contribution >= 0.6 is 0 Å². The van der Waals surface area contributed by atoms with Crippen molar-refractivity contribution in [2.24, 2.45) is 17.3 Å². The number of ether oxygens (including phenoxy) is 1. The third kappa shape index (κ3) is 3.84. The fraction of sp³-hybridized carbons (Fsp3) is 0.250. The number of aromatic nitrogens is 5. The zero-order valence-electron chi connectivity index (χ0n) is 17.1. The maximum atomic E-state index is 12.5. The van der Waals surface area contributed by atoms with Crippen molar-refractivity contribution in [3.8, 4) is 5.88 Å². The Hall–Kier alpha value is -4.03. The molecular formula is C20H21N7O5. The lowest BCUT2D eigenvalue weighted by Crippen LogP contribution is -2.30. The zero-order valence-corrected chi connectivity index (χ0v) is 17.1. The Morgan fingerprint density at radius 2 is 2.06 bits per heavy atom. The molecule has 0 bridgehead atoms. The molecule has 0 saturated carbocycles. The highest BCUT2D eigenvalue weighted by Crippen LogP contribution is 2.36. The number of rotatable bonds is 8.